The van der Waals surface area contributed by atoms with Crippen molar-refractivity contribution in [2.75, 3.05) is 14.2 Å². The molecule has 20 heavy (non-hydrogen) atoms. The lowest BCUT2D eigenvalue weighted by Crippen LogP contribution is -1.99. The maximum atomic E-state index is 11.7. The molecule has 1 aromatic heterocycles. The third-order valence-corrected chi connectivity index (χ3v) is 3.26. The highest BCUT2D eigenvalue weighted by atomic mass is 35.5. The molecule has 0 N–H and O–H groups in total. The molecule has 0 amide bonds. The van der Waals surface area contributed by atoms with E-state index in [0.29, 0.717) is 33.5 Å². The van der Waals surface area contributed by atoms with Crippen LogP contribution in [0.1, 0.15) is 10.4 Å². The first-order valence-electron chi connectivity index (χ1n) is 5.69. The van der Waals surface area contributed by atoms with Gasteiger partial charge in [0.1, 0.15) is 5.75 Å². The molecule has 2 aromatic rings. The number of hydrogen-bond donors (Lipinski definition) is 1. The monoisotopic (exact) mass is 309 g/mol. The van der Waals surface area contributed by atoms with Gasteiger partial charge >= 0.3 is 0 Å². The van der Waals surface area contributed by atoms with E-state index in [1.54, 1.807) is 37.4 Å². The van der Waals surface area contributed by atoms with Gasteiger partial charge < -0.3 is 9.47 Å². The second-order valence-corrected chi connectivity index (χ2v) is 4.72. The quantitative estimate of drug-likeness (QED) is 0.878. The van der Waals surface area contributed by atoms with Crippen LogP contribution < -0.4 is 9.47 Å². The van der Waals surface area contributed by atoms with E-state index in [-0.39, 0.29) is 0 Å². The van der Waals surface area contributed by atoms with Gasteiger partial charge in [0.2, 0.25) is 11.0 Å². The number of pyridine rings is 1. The fourth-order valence-corrected chi connectivity index (χ4v) is 2.36. The number of rotatable bonds is 4. The van der Waals surface area contributed by atoms with Gasteiger partial charge in [0.05, 0.1) is 30.5 Å². The Morgan fingerprint density at radius 1 is 1.25 bits per heavy atom. The molecule has 0 atom stereocenters. The van der Waals surface area contributed by atoms with Gasteiger partial charge in [0.25, 0.3) is 0 Å². The molecule has 2 rings (SSSR count). The molecule has 0 aliphatic rings. The lowest BCUT2D eigenvalue weighted by Gasteiger charge is -2.11. The first-order valence-corrected chi connectivity index (χ1v) is 6.51. The SMILES string of the molecule is COc1cc(OC)nc(-c2cccc(Cl)c2C(=O)S)c1. The molecule has 1 heterocycles. The van der Waals surface area contributed by atoms with Crippen LogP contribution in [0, 0.1) is 0 Å². The highest BCUT2D eigenvalue weighted by Crippen LogP contribution is 2.32. The number of thiol groups is 1. The Hall–Kier alpha value is -1.72. The number of nitrogens with zero attached hydrogens (tertiary/aromatic N) is 1. The second-order valence-electron chi connectivity index (χ2n) is 3.90. The van der Waals surface area contributed by atoms with Crippen LogP contribution in [0.5, 0.6) is 11.6 Å². The Labute approximate surface area is 127 Å². The van der Waals surface area contributed by atoms with E-state index < -0.39 is 5.12 Å². The summed E-state index contributed by atoms with van der Waals surface area (Å²) in [5.74, 6) is 0.960. The number of halogens is 1. The molecule has 0 spiro atoms. The highest BCUT2D eigenvalue weighted by Gasteiger charge is 2.16. The van der Waals surface area contributed by atoms with E-state index in [1.807, 2.05) is 0 Å². The van der Waals surface area contributed by atoms with Crippen molar-refractivity contribution in [2.45, 2.75) is 0 Å². The zero-order chi connectivity index (χ0) is 14.7. The van der Waals surface area contributed by atoms with E-state index in [9.17, 15) is 4.79 Å². The van der Waals surface area contributed by atoms with Crippen LogP contribution in [0.3, 0.4) is 0 Å². The maximum Gasteiger partial charge on any atom is 0.218 e. The Morgan fingerprint density at radius 2 is 2.00 bits per heavy atom. The molecule has 0 saturated heterocycles. The van der Waals surface area contributed by atoms with Crippen molar-refractivity contribution in [1.29, 1.82) is 0 Å². The first kappa shape index (κ1) is 14.7. The van der Waals surface area contributed by atoms with Crippen molar-refractivity contribution >= 4 is 29.3 Å². The Bertz CT molecular complexity index is 639. The summed E-state index contributed by atoms with van der Waals surface area (Å²) in [6, 6.07) is 8.47. The molecule has 0 fully saturated rings. The molecule has 6 heteroatoms. The Kier molecular flexibility index (Phi) is 4.52. The lowest BCUT2D eigenvalue weighted by atomic mass is 10.0. The summed E-state index contributed by atoms with van der Waals surface area (Å²) in [5.41, 5.74) is 1.41. The Morgan fingerprint density at radius 3 is 2.60 bits per heavy atom. The third kappa shape index (κ3) is 2.89. The molecule has 4 nitrogen and oxygen atoms in total. The van der Waals surface area contributed by atoms with Gasteiger partial charge in [0, 0.05) is 17.7 Å². The van der Waals surface area contributed by atoms with Crippen molar-refractivity contribution in [1.82, 2.24) is 4.98 Å². The van der Waals surface area contributed by atoms with E-state index in [1.165, 1.54) is 7.11 Å². The van der Waals surface area contributed by atoms with E-state index in [4.69, 9.17) is 21.1 Å². The van der Waals surface area contributed by atoms with Gasteiger partial charge in [-0.3, -0.25) is 4.79 Å². The summed E-state index contributed by atoms with van der Waals surface area (Å²) in [5, 5.41) is -0.0970. The number of carbonyl (C=O) groups is 1. The number of carbonyl (C=O) groups excluding carboxylic acids is 1. The van der Waals surface area contributed by atoms with Crippen molar-refractivity contribution in [3.63, 3.8) is 0 Å². The van der Waals surface area contributed by atoms with Crippen LogP contribution >= 0.6 is 24.2 Å². The van der Waals surface area contributed by atoms with Crippen molar-refractivity contribution < 1.29 is 14.3 Å². The van der Waals surface area contributed by atoms with E-state index >= 15 is 0 Å². The number of aromatic nitrogens is 1. The molecule has 0 aliphatic heterocycles. The first-order chi connectivity index (χ1) is 9.56. The average molecular weight is 310 g/mol. The standard InChI is InChI=1S/C14H12ClNO3S/c1-18-8-6-11(16-12(7-8)19-2)9-4-3-5-10(15)13(9)14(17)20/h3-7H,1-2H3,(H,17,20). The van der Waals surface area contributed by atoms with Crippen LogP contribution in [-0.4, -0.2) is 24.3 Å². The normalized spacial score (nSPS) is 10.2. The number of benzene rings is 1. The minimum Gasteiger partial charge on any atom is -0.496 e. The molecular formula is C14H12ClNO3S. The molecule has 104 valence electrons. The molecular weight excluding hydrogens is 298 g/mol. The topological polar surface area (TPSA) is 48.4 Å². The van der Waals surface area contributed by atoms with Crippen LogP contribution in [0.25, 0.3) is 11.3 Å². The molecule has 0 unspecified atom stereocenters. The molecule has 0 aliphatic carbocycles. The number of ether oxygens (including phenoxy) is 2. The van der Waals surface area contributed by atoms with Gasteiger partial charge in [-0.1, -0.05) is 23.7 Å². The lowest BCUT2D eigenvalue weighted by molar-refractivity contribution is 0.109. The fourth-order valence-electron chi connectivity index (χ4n) is 1.80. The van der Waals surface area contributed by atoms with Gasteiger partial charge in [-0.15, -0.1) is 12.6 Å². The van der Waals surface area contributed by atoms with E-state index in [0.717, 1.165) is 0 Å². The minimum absolute atomic E-state index is 0.306. The summed E-state index contributed by atoms with van der Waals surface area (Å²) >= 11 is 9.92. The zero-order valence-corrected chi connectivity index (χ0v) is 12.5. The smallest absolute Gasteiger partial charge is 0.218 e. The molecule has 0 radical (unpaired) electrons. The minimum atomic E-state index is -0.422. The van der Waals surface area contributed by atoms with Crippen molar-refractivity contribution in [2.24, 2.45) is 0 Å². The predicted molar refractivity (Wildman–Crippen MR) is 81.1 cm³/mol. The van der Waals surface area contributed by atoms with Crippen LogP contribution in [0.2, 0.25) is 5.02 Å². The van der Waals surface area contributed by atoms with Gasteiger partial charge in [-0.05, 0) is 6.07 Å². The van der Waals surface area contributed by atoms with Crippen LogP contribution in [-0.2, 0) is 0 Å². The molecule has 0 saturated carbocycles. The van der Waals surface area contributed by atoms with Gasteiger partial charge in [0.15, 0.2) is 0 Å². The summed E-state index contributed by atoms with van der Waals surface area (Å²) < 4.78 is 10.3. The maximum absolute atomic E-state index is 11.7. The summed E-state index contributed by atoms with van der Waals surface area (Å²) in [7, 11) is 3.05. The predicted octanol–water partition coefficient (Wildman–Crippen LogP) is 3.49. The molecule has 0 bridgehead atoms. The third-order valence-electron chi connectivity index (χ3n) is 2.72. The van der Waals surface area contributed by atoms with Crippen LogP contribution in [0.4, 0.5) is 0 Å². The summed E-state index contributed by atoms with van der Waals surface area (Å²) in [4.78, 5) is 16.0. The van der Waals surface area contributed by atoms with Gasteiger partial charge in [-0.25, -0.2) is 4.98 Å². The highest BCUT2D eigenvalue weighted by molar-refractivity contribution is 7.97. The Balaban J connectivity index is 2.68. The van der Waals surface area contributed by atoms with Crippen molar-refractivity contribution in [3.05, 3.63) is 40.9 Å². The van der Waals surface area contributed by atoms with Crippen molar-refractivity contribution in [3.8, 4) is 22.9 Å². The van der Waals surface area contributed by atoms with Gasteiger partial charge in [-0.2, -0.15) is 0 Å². The molecule has 1 aromatic carbocycles. The average Bonchev–Trinajstić information content (AvgIpc) is 2.45. The number of hydrogen-bond acceptors (Lipinski definition) is 4. The van der Waals surface area contributed by atoms with Crippen LogP contribution in [0.15, 0.2) is 30.3 Å². The second kappa shape index (κ2) is 6.15. The zero-order valence-electron chi connectivity index (χ0n) is 10.9. The largest absolute Gasteiger partial charge is 0.496 e. The number of methoxy groups -OCH3 is 2. The fraction of sp³-hybridized carbons (Fsp3) is 0.143. The van der Waals surface area contributed by atoms with E-state index in [2.05, 4.69) is 17.6 Å². The summed E-state index contributed by atoms with van der Waals surface area (Å²) in [6.07, 6.45) is 0. The summed E-state index contributed by atoms with van der Waals surface area (Å²) in [6.45, 7) is 0.